The lowest BCUT2D eigenvalue weighted by Gasteiger charge is -2.42. The van der Waals surface area contributed by atoms with Gasteiger partial charge in [0.25, 0.3) is 0 Å². The Hall–Kier alpha value is -2.37. The zero-order valence-electron chi connectivity index (χ0n) is 14.9. The normalized spacial score (nSPS) is 26.1. The van der Waals surface area contributed by atoms with Gasteiger partial charge in [-0.3, -0.25) is 0 Å². The number of ether oxygens (including phenoxy) is 2. The summed E-state index contributed by atoms with van der Waals surface area (Å²) in [5.41, 5.74) is 5.35. The maximum atomic E-state index is 10.3. The van der Waals surface area contributed by atoms with Crippen LogP contribution in [0.3, 0.4) is 0 Å². The largest absolute Gasteiger partial charge is 0.498 e. The molecule has 1 aromatic carbocycles. The van der Waals surface area contributed by atoms with Gasteiger partial charge in [-0.2, -0.15) is 0 Å². The summed E-state index contributed by atoms with van der Waals surface area (Å²) in [4.78, 5) is 4.91. The Labute approximate surface area is 152 Å². The van der Waals surface area contributed by atoms with Crippen molar-refractivity contribution in [2.75, 3.05) is 7.11 Å². The fourth-order valence-corrected chi connectivity index (χ4v) is 4.58. The Morgan fingerprint density at radius 2 is 2.15 bits per heavy atom. The molecule has 4 aliphatic heterocycles. The van der Waals surface area contributed by atoms with Gasteiger partial charge in [-0.25, -0.2) is 4.98 Å². The van der Waals surface area contributed by atoms with Gasteiger partial charge in [-0.1, -0.05) is 18.2 Å². The van der Waals surface area contributed by atoms with E-state index in [4.69, 9.17) is 14.5 Å². The molecule has 0 aliphatic carbocycles. The van der Waals surface area contributed by atoms with Crippen molar-refractivity contribution in [3.63, 3.8) is 0 Å². The van der Waals surface area contributed by atoms with E-state index in [1.54, 1.807) is 6.26 Å². The average molecular weight is 350 g/mol. The first-order valence-corrected chi connectivity index (χ1v) is 9.10. The molecule has 1 N–H and O–H groups in total. The molecule has 5 rings (SSSR count). The molecule has 4 atom stereocenters. The monoisotopic (exact) mass is 350 g/mol. The van der Waals surface area contributed by atoms with E-state index in [0.717, 1.165) is 29.7 Å². The van der Waals surface area contributed by atoms with Gasteiger partial charge in [0.15, 0.2) is 6.29 Å². The molecular weight excluding hydrogens is 328 g/mol. The van der Waals surface area contributed by atoms with Crippen molar-refractivity contribution in [1.82, 2.24) is 9.55 Å². The zero-order chi connectivity index (χ0) is 17.8. The number of nitrogens with zero attached hydrogens (tertiary/aromatic N) is 2. The molecule has 0 fully saturated rings. The highest BCUT2D eigenvalue weighted by atomic mass is 16.6. The Morgan fingerprint density at radius 3 is 3.00 bits per heavy atom. The topological polar surface area (TPSA) is 56.5 Å². The smallest absolute Gasteiger partial charge is 0.180 e. The Kier molecular flexibility index (Phi) is 3.55. The van der Waals surface area contributed by atoms with E-state index in [0.29, 0.717) is 5.92 Å². The molecule has 0 amide bonds. The number of aliphatic hydroxyl groups is 1. The minimum absolute atomic E-state index is 0.107. The molecule has 4 aliphatic rings. The molecule has 4 heterocycles. The Balaban J connectivity index is 1.64. The van der Waals surface area contributed by atoms with Crippen molar-refractivity contribution in [2.24, 2.45) is 11.8 Å². The summed E-state index contributed by atoms with van der Waals surface area (Å²) in [5, 5.41) is 11.5. The number of pyridine rings is 1. The SMILES string of the molecule is COC(O)C1=CO[C@@H](C)C2Cn3ccc4c5ccccc5nc-4c3CC12. The number of rotatable bonds is 2. The molecular formula is C21H22N2O3. The number of benzene rings is 1. The standard InChI is InChI=1S/C21H22N2O3/c1-12-16-10-23-8-7-14-13-5-3-4-6-18(13)22-20(14)19(23)9-15(16)17(11-26-12)21(24)25-2/h3-8,11-12,15-16,21,24H,9-10H2,1-2H3/t12-,15?,16?,21?/m0/s1. The minimum Gasteiger partial charge on any atom is -0.498 e. The van der Waals surface area contributed by atoms with Crippen LogP contribution in [0.1, 0.15) is 12.6 Å². The predicted molar refractivity (Wildman–Crippen MR) is 98.7 cm³/mol. The fraction of sp³-hybridized carbons (Fsp3) is 0.381. The van der Waals surface area contributed by atoms with E-state index in [1.165, 1.54) is 23.8 Å². The number of hydrogen-bond acceptors (Lipinski definition) is 4. The molecule has 0 bridgehead atoms. The number of methoxy groups -OCH3 is 1. The van der Waals surface area contributed by atoms with Crippen molar-refractivity contribution in [3.05, 3.63) is 54.1 Å². The maximum Gasteiger partial charge on any atom is 0.180 e. The van der Waals surface area contributed by atoms with Crippen LogP contribution in [-0.2, 0) is 22.4 Å². The highest BCUT2D eigenvalue weighted by molar-refractivity contribution is 5.97. The predicted octanol–water partition coefficient (Wildman–Crippen LogP) is 3.20. The van der Waals surface area contributed by atoms with Crippen LogP contribution in [0.25, 0.3) is 22.2 Å². The first-order valence-electron chi connectivity index (χ1n) is 9.10. The quantitative estimate of drug-likeness (QED) is 0.721. The van der Waals surface area contributed by atoms with Crippen LogP contribution < -0.4 is 0 Å². The van der Waals surface area contributed by atoms with Crippen LogP contribution >= 0.6 is 0 Å². The fourth-order valence-electron chi connectivity index (χ4n) is 4.58. The van der Waals surface area contributed by atoms with Crippen LogP contribution in [0.5, 0.6) is 0 Å². The van der Waals surface area contributed by atoms with Crippen molar-refractivity contribution >= 4 is 10.9 Å². The lowest BCUT2D eigenvalue weighted by molar-refractivity contribution is -0.0721. The van der Waals surface area contributed by atoms with Crippen molar-refractivity contribution in [2.45, 2.75) is 32.3 Å². The number of aliphatic hydroxyl groups excluding tert-OH is 1. The lowest BCUT2D eigenvalue weighted by Crippen LogP contribution is -2.43. The summed E-state index contributed by atoms with van der Waals surface area (Å²) >= 11 is 0. The van der Waals surface area contributed by atoms with Gasteiger partial charge in [-0.15, -0.1) is 0 Å². The van der Waals surface area contributed by atoms with Gasteiger partial charge < -0.3 is 19.1 Å². The first kappa shape index (κ1) is 15.9. The van der Waals surface area contributed by atoms with E-state index >= 15 is 0 Å². The second kappa shape index (κ2) is 5.83. The van der Waals surface area contributed by atoms with Gasteiger partial charge in [-0.05, 0) is 25.5 Å². The number of para-hydroxylation sites is 1. The van der Waals surface area contributed by atoms with Gasteiger partial charge >= 0.3 is 0 Å². The molecule has 1 aromatic rings. The highest BCUT2D eigenvalue weighted by Crippen LogP contribution is 2.43. The molecule has 0 saturated heterocycles. The molecule has 134 valence electrons. The molecule has 5 heteroatoms. The summed E-state index contributed by atoms with van der Waals surface area (Å²) in [6.45, 7) is 2.96. The highest BCUT2D eigenvalue weighted by Gasteiger charge is 2.41. The first-order chi connectivity index (χ1) is 12.7. The van der Waals surface area contributed by atoms with Crippen LogP contribution in [0.4, 0.5) is 0 Å². The van der Waals surface area contributed by atoms with Gasteiger partial charge in [0, 0.05) is 53.9 Å². The van der Waals surface area contributed by atoms with Gasteiger partial charge in [0.05, 0.1) is 17.5 Å². The number of fused-ring (bicyclic) bond motifs is 6. The van der Waals surface area contributed by atoms with Crippen molar-refractivity contribution in [3.8, 4) is 11.3 Å². The summed E-state index contributed by atoms with van der Waals surface area (Å²) in [6, 6.07) is 10.4. The van der Waals surface area contributed by atoms with Gasteiger partial charge in [0.1, 0.15) is 6.10 Å². The second-order valence-electron chi connectivity index (χ2n) is 7.33. The van der Waals surface area contributed by atoms with E-state index in [-0.39, 0.29) is 12.0 Å². The van der Waals surface area contributed by atoms with Crippen LogP contribution in [0.15, 0.2) is 48.4 Å². The number of hydrogen-bond donors (Lipinski definition) is 1. The van der Waals surface area contributed by atoms with Gasteiger partial charge in [0.2, 0.25) is 0 Å². The summed E-state index contributed by atoms with van der Waals surface area (Å²) < 4.78 is 13.3. The molecule has 0 aromatic heterocycles. The lowest BCUT2D eigenvalue weighted by atomic mass is 9.75. The van der Waals surface area contributed by atoms with E-state index < -0.39 is 6.29 Å². The Bertz CT molecular complexity index is 977. The molecule has 0 spiro atoms. The zero-order valence-corrected chi connectivity index (χ0v) is 14.9. The molecule has 3 unspecified atom stereocenters. The molecule has 0 radical (unpaired) electrons. The third-order valence-electron chi connectivity index (χ3n) is 6.02. The second-order valence-corrected chi connectivity index (χ2v) is 7.33. The third-order valence-corrected chi connectivity index (χ3v) is 6.02. The van der Waals surface area contributed by atoms with Crippen molar-refractivity contribution < 1.29 is 14.6 Å². The number of aromatic nitrogens is 2. The summed E-state index contributed by atoms with van der Waals surface area (Å²) in [6.07, 6.45) is 3.87. The van der Waals surface area contributed by atoms with Crippen LogP contribution in [0, 0.1) is 11.8 Å². The minimum atomic E-state index is -0.924. The molecule has 5 nitrogen and oxygen atoms in total. The van der Waals surface area contributed by atoms with Crippen molar-refractivity contribution in [1.29, 1.82) is 0 Å². The summed E-state index contributed by atoms with van der Waals surface area (Å²) in [5.74, 6) is 0.498. The third kappa shape index (κ3) is 2.20. The summed E-state index contributed by atoms with van der Waals surface area (Å²) in [7, 11) is 1.52. The van der Waals surface area contributed by atoms with E-state index in [2.05, 4.69) is 42.0 Å². The van der Waals surface area contributed by atoms with E-state index in [9.17, 15) is 5.11 Å². The van der Waals surface area contributed by atoms with Crippen LogP contribution in [-0.4, -0.2) is 34.2 Å². The average Bonchev–Trinajstić information content (AvgIpc) is 3.06. The Morgan fingerprint density at radius 1 is 1.31 bits per heavy atom. The molecule has 26 heavy (non-hydrogen) atoms. The van der Waals surface area contributed by atoms with E-state index in [1.807, 2.05) is 6.07 Å². The maximum absolute atomic E-state index is 10.3. The van der Waals surface area contributed by atoms with Crippen LogP contribution in [0.2, 0.25) is 0 Å². The molecule has 0 saturated carbocycles.